The molecule has 3 aromatic rings. The molecule has 1 aliphatic heterocycles. The van der Waals surface area contributed by atoms with Crippen LogP contribution in [0.25, 0.3) is 11.1 Å². The van der Waals surface area contributed by atoms with E-state index in [4.69, 9.17) is 20.6 Å². The van der Waals surface area contributed by atoms with E-state index < -0.39 is 17.9 Å². The second-order valence-corrected chi connectivity index (χ2v) is 9.11. The fourth-order valence-corrected chi connectivity index (χ4v) is 4.34. The van der Waals surface area contributed by atoms with Gasteiger partial charge in [-0.25, -0.2) is 19.2 Å². The molecule has 0 saturated carbocycles. The summed E-state index contributed by atoms with van der Waals surface area (Å²) in [6.45, 7) is 4.92. The van der Waals surface area contributed by atoms with Crippen molar-refractivity contribution in [3.05, 3.63) is 71.8 Å². The van der Waals surface area contributed by atoms with Crippen molar-refractivity contribution in [2.24, 2.45) is 5.73 Å². The van der Waals surface area contributed by atoms with Gasteiger partial charge in [0.15, 0.2) is 5.96 Å². The lowest BCUT2D eigenvalue weighted by molar-refractivity contribution is -0.143. The summed E-state index contributed by atoms with van der Waals surface area (Å²) in [5.74, 6) is -0.719. The predicted molar refractivity (Wildman–Crippen MR) is 148 cm³/mol. The Morgan fingerprint density at radius 3 is 2.35 bits per heavy atom. The van der Waals surface area contributed by atoms with E-state index in [9.17, 15) is 9.59 Å². The Kier molecular flexibility index (Phi) is 9.44. The number of guanidine groups is 1. The fraction of sp³-hybridized carbons (Fsp3) is 0.321. The molecule has 1 fully saturated rings. The molecule has 1 saturated heterocycles. The lowest BCUT2D eigenvalue weighted by Crippen LogP contribution is -2.47. The number of amides is 1. The van der Waals surface area contributed by atoms with E-state index in [1.165, 1.54) is 6.07 Å². The zero-order valence-electron chi connectivity index (χ0n) is 22.2. The summed E-state index contributed by atoms with van der Waals surface area (Å²) in [7, 11) is 0. The number of anilines is 2. The number of halogens is 1. The Balaban J connectivity index is 1.31. The number of alkyl carbamates (subject to hydrolysis) is 1. The molecule has 40 heavy (non-hydrogen) atoms. The van der Waals surface area contributed by atoms with E-state index in [2.05, 4.69) is 31.9 Å². The van der Waals surface area contributed by atoms with E-state index >= 15 is 4.39 Å². The number of hydrogen-bond donors (Lipinski definition) is 3. The Morgan fingerprint density at radius 2 is 1.70 bits per heavy atom. The number of piperazine rings is 1. The van der Waals surface area contributed by atoms with Gasteiger partial charge >= 0.3 is 12.1 Å². The highest BCUT2D eigenvalue weighted by atomic mass is 19.1. The van der Waals surface area contributed by atoms with Crippen molar-refractivity contribution in [3.8, 4) is 11.1 Å². The number of nitrogens with zero attached hydrogens (tertiary/aromatic N) is 4. The van der Waals surface area contributed by atoms with Crippen molar-refractivity contribution in [2.75, 3.05) is 42.6 Å². The molecule has 4 N–H and O–H groups in total. The Bertz CT molecular complexity index is 1330. The van der Waals surface area contributed by atoms with Crippen LogP contribution < -0.4 is 20.9 Å². The van der Waals surface area contributed by atoms with E-state index in [0.29, 0.717) is 31.0 Å². The van der Waals surface area contributed by atoms with Gasteiger partial charge in [0.25, 0.3) is 0 Å². The quantitative estimate of drug-likeness (QED) is 0.208. The average molecular weight is 550 g/mol. The molecule has 1 aromatic heterocycles. The summed E-state index contributed by atoms with van der Waals surface area (Å²) in [5, 5.41) is 9.02. The third kappa shape index (κ3) is 7.43. The van der Waals surface area contributed by atoms with Crippen molar-refractivity contribution >= 4 is 29.7 Å². The van der Waals surface area contributed by atoms with Crippen LogP contribution in [-0.4, -0.2) is 60.8 Å². The minimum atomic E-state index is -0.937. The number of hydrogen-bond acceptors (Lipinski definition) is 9. The van der Waals surface area contributed by atoms with Gasteiger partial charge in [0.1, 0.15) is 12.4 Å². The highest BCUT2D eigenvalue weighted by molar-refractivity contribution is 5.90. The number of aromatic nitrogens is 2. The molecule has 4 rings (SSSR count). The number of carbonyl (C=O) groups is 2. The van der Waals surface area contributed by atoms with Gasteiger partial charge in [0.2, 0.25) is 5.95 Å². The fourth-order valence-electron chi connectivity index (χ4n) is 4.34. The van der Waals surface area contributed by atoms with Crippen LogP contribution in [0.15, 0.2) is 54.9 Å². The molecule has 0 spiro atoms. The average Bonchev–Trinajstić information content (AvgIpc) is 2.96. The van der Waals surface area contributed by atoms with E-state index in [1.54, 1.807) is 31.5 Å². The number of rotatable bonds is 9. The summed E-state index contributed by atoms with van der Waals surface area (Å²) in [4.78, 5) is 36.4. The molecular weight excluding hydrogens is 517 g/mol. The molecule has 0 atom stereocenters. The first kappa shape index (κ1) is 28.3. The number of nitrogens with one attached hydrogen (secondary N) is 2. The molecule has 210 valence electrons. The molecule has 2 aromatic carbocycles. The second-order valence-electron chi connectivity index (χ2n) is 9.11. The zero-order valence-corrected chi connectivity index (χ0v) is 22.2. The molecule has 0 radical (unpaired) electrons. The maximum atomic E-state index is 15.1. The minimum Gasteiger partial charge on any atom is -0.466 e. The van der Waals surface area contributed by atoms with Crippen LogP contribution in [0.1, 0.15) is 24.5 Å². The Morgan fingerprint density at radius 1 is 1.02 bits per heavy atom. The number of benzene rings is 2. The van der Waals surface area contributed by atoms with E-state index in [0.717, 1.165) is 37.4 Å². The molecule has 1 amide bonds. The van der Waals surface area contributed by atoms with Crippen LogP contribution >= 0.6 is 0 Å². The standard InChI is InChI=1S/C28H32FN7O4/c1-2-39-24(37)11-8-19-6-9-22(10-7-19)35-12-14-36(15-13-35)27-32-16-21(17-33-27)23-5-3-4-20(25(23)29)18-40-28(38)34-26(30)31/h3-7,9-10,16-17H,2,8,11-15,18H2,1H3,(H4,30,31,34,38). The summed E-state index contributed by atoms with van der Waals surface area (Å²) in [6, 6.07) is 13.0. The first-order chi connectivity index (χ1) is 19.3. The molecule has 12 heteroatoms. The van der Waals surface area contributed by atoms with Gasteiger partial charge in [0, 0.05) is 67.4 Å². The SMILES string of the molecule is CCOC(=O)CCc1ccc(N2CCN(c3ncc(-c4cccc(COC(=O)NC(=N)N)c4F)cn3)CC2)cc1. The van der Waals surface area contributed by atoms with E-state index in [1.807, 2.05) is 17.4 Å². The maximum absolute atomic E-state index is 15.1. The molecule has 0 unspecified atom stereocenters. The van der Waals surface area contributed by atoms with Crippen molar-refractivity contribution in [2.45, 2.75) is 26.4 Å². The van der Waals surface area contributed by atoms with Crippen LogP contribution in [0, 0.1) is 11.2 Å². The second kappa shape index (κ2) is 13.4. The van der Waals surface area contributed by atoms with Crippen molar-refractivity contribution < 1.29 is 23.5 Å². The van der Waals surface area contributed by atoms with Crippen LogP contribution in [-0.2, 0) is 27.3 Å². The number of ether oxygens (including phenoxy) is 2. The Labute approximate surface area is 231 Å². The lowest BCUT2D eigenvalue weighted by atomic mass is 10.1. The molecule has 0 bridgehead atoms. The molecule has 0 aliphatic carbocycles. The molecular formula is C28H32FN7O4. The smallest absolute Gasteiger partial charge is 0.414 e. The van der Waals surface area contributed by atoms with Gasteiger partial charge in [-0.15, -0.1) is 0 Å². The Hall–Kier alpha value is -4.74. The molecule has 11 nitrogen and oxygen atoms in total. The molecule has 1 aliphatic rings. The predicted octanol–water partition coefficient (Wildman–Crippen LogP) is 3.22. The first-order valence-electron chi connectivity index (χ1n) is 13.0. The highest BCUT2D eigenvalue weighted by Gasteiger charge is 2.20. The third-order valence-electron chi connectivity index (χ3n) is 6.41. The molecule has 2 heterocycles. The number of nitrogens with two attached hydrogens (primary N) is 1. The first-order valence-corrected chi connectivity index (χ1v) is 13.0. The summed E-state index contributed by atoms with van der Waals surface area (Å²) in [6.07, 6.45) is 3.25. The highest BCUT2D eigenvalue weighted by Crippen LogP contribution is 2.26. The zero-order chi connectivity index (χ0) is 28.5. The largest absolute Gasteiger partial charge is 0.466 e. The van der Waals surface area contributed by atoms with Gasteiger partial charge in [0.05, 0.1) is 6.61 Å². The van der Waals surface area contributed by atoms with Gasteiger partial charge in [-0.3, -0.25) is 15.5 Å². The van der Waals surface area contributed by atoms with Gasteiger partial charge < -0.3 is 25.0 Å². The monoisotopic (exact) mass is 549 g/mol. The summed E-state index contributed by atoms with van der Waals surface area (Å²) < 4.78 is 25.0. The van der Waals surface area contributed by atoms with Gasteiger partial charge in [-0.1, -0.05) is 30.3 Å². The van der Waals surface area contributed by atoms with Gasteiger partial charge in [-0.05, 0) is 31.0 Å². The summed E-state index contributed by atoms with van der Waals surface area (Å²) in [5.41, 5.74) is 8.26. The number of esters is 1. The number of carbonyl (C=O) groups excluding carboxylic acids is 2. The van der Waals surface area contributed by atoms with Crippen molar-refractivity contribution in [3.63, 3.8) is 0 Å². The van der Waals surface area contributed by atoms with Crippen molar-refractivity contribution in [1.82, 2.24) is 15.3 Å². The minimum absolute atomic E-state index is 0.170. The normalized spacial score (nSPS) is 13.1. The van der Waals surface area contributed by atoms with Gasteiger partial charge in [-0.2, -0.15) is 0 Å². The van der Waals surface area contributed by atoms with Crippen molar-refractivity contribution in [1.29, 1.82) is 5.41 Å². The van der Waals surface area contributed by atoms with Crippen LogP contribution in [0.2, 0.25) is 0 Å². The lowest BCUT2D eigenvalue weighted by Gasteiger charge is -2.36. The summed E-state index contributed by atoms with van der Waals surface area (Å²) >= 11 is 0. The van der Waals surface area contributed by atoms with Crippen LogP contribution in [0.4, 0.5) is 20.8 Å². The third-order valence-corrected chi connectivity index (χ3v) is 6.41. The number of aryl methyl sites for hydroxylation is 1. The van der Waals surface area contributed by atoms with Crippen LogP contribution in [0.3, 0.4) is 0 Å². The topological polar surface area (TPSA) is 147 Å². The van der Waals surface area contributed by atoms with E-state index in [-0.39, 0.29) is 23.7 Å². The van der Waals surface area contributed by atoms with Crippen LogP contribution in [0.5, 0.6) is 0 Å². The maximum Gasteiger partial charge on any atom is 0.414 e.